The highest BCUT2D eigenvalue weighted by Gasteiger charge is 2.30. The minimum Gasteiger partial charge on any atom is -0.486 e. The normalized spacial score (nSPS) is 13.2. The van der Waals surface area contributed by atoms with Gasteiger partial charge in [-0.25, -0.2) is 8.42 Å². The average molecular weight is 622 g/mol. The van der Waals surface area contributed by atoms with E-state index >= 15 is 0 Å². The van der Waals surface area contributed by atoms with Gasteiger partial charge in [0, 0.05) is 38.5 Å². The predicted octanol–water partition coefficient (Wildman–Crippen LogP) is 4.87. The van der Waals surface area contributed by atoms with Gasteiger partial charge in [0.25, 0.3) is 0 Å². The van der Waals surface area contributed by atoms with E-state index in [1.54, 1.807) is 23.1 Å². The third-order valence-electron chi connectivity index (χ3n) is 7.54. The van der Waals surface area contributed by atoms with E-state index in [4.69, 9.17) is 9.47 Å². The molecule has 0 saturated heterocycles. The van der Waals surface area contributed by atoms with E-state index in [2.05, 4.69) is 12.2 Å². The summed E-state index contributed by atoms with van der Waals surface area (Å²) in [4.78, 5) is 29.2. The third-order valence-corrected chi connectivity index (χ3v) is 8.73. The van der Waals surface area contributed by atoms with Crippen molar-refractivity contribution in [3.05, 3.63) is 89.5 Å². The maximum atomic E-state index is 14.0. The molecule has 3 aromatic rings. The van der Waals surface area contributed by atoms with Crippen LogP contribution in [0.2, 0.25) is 0 Å². The molecule has 1 unspecified atom stereocenters. The van der Waals surface area contributed by atoms with Gasteiger partial charge in [-0.15, -0.1) is 0 Å². The molecule has 236 valence electrons. The molecule has 1 heterocycles. The lowest BCUT2D eigenvalue weighted by molar-refractivity contribution is -0.141. The van der Waals surface area contributed by atoms with Crippen LogP contribution < -0.4 is 19.1 Å². The molecule has 0 aromatic heterocycles. The zero-order valence-corrected chi connectivity index (χ0v) is 26.6. The van der Waals surface area contributed by atoms with Gasteiger partial charge in [-0.1, -0.05) is 73.5 Å². The molecule has 1 N–H and O–H groups in total. The van der Waals surface area contributed by atoms with Gasteiger partial charge >= 0.3 is 0 Å². The van der Waals surface area contributed by atoms with Crippen LogP contribution in [0.4, 0.5) is 5.69 Å². The van der Waals surface area contributed by atoms with Crippen molar-refractivity contribution in [1.82, 2.24) is 10.2 Å². The molecule has 0 aliphatic carbocycles. The summed E-state index contributed by atoms with van der Waals surface area (Å²) in [5, 5.41) is 3.03. The van der Waals surface area contributed by atoms with E-state index in [1.165, 1.54) is 4.31 Å². The van der Waals surface area contributed by atoms with E-state index in [0.29, 0.717) is 43.4 Å². The Bertz CT molecular complexity index is 1500. The Labute approximate surface area is 261 Å². The van der Waals surface area contributed by atoms with Gasteiger partial charge in [-0.2, -0.15) is 0 Å². The Morgan fingerprint density at radius 2 is 1.61 bits per heavy atom. The Morgan fingerprint density at radius 1 is 0.909 bits per heavy atom. The lowest BCUT2D eigenvalue weighted by Crippen LogP contribution is -2.50. The van der Waals surface area contributed by atoms with Crippen LogP contribution in [-0.2, 0) is 32.6 Å². The summed E-state index contributed by atoms with van der Waals surface area (Å²) in [5.74, 6) is 0.641. The number of unbranched alkanes of at least 4 members (excludes halogenated alkanes) is 1. The van der Waals surface area contributed by atoms with Gasteiger partial charge in [0.1, 0.15) is 19.3 Å². The second kappa shape index (κ2) is 15.6. The smallest absolute Gasteiger partial charge is 0.243 e. The summed E-state index contributed by atoms with van der Waals surface area (Å²) in [7, 11) is -3.65. The fraction of sp³-hybridized carbons (Fsp3) is 0.412. The molecule has 9 nitrogen and oxygen atoms in total. The first-order valence-corrected chi connectivity index (χ1v) is 17.0. The van der Waals surface area contributed by atoms with Crippen LogP contribution in [0.3, 0.4) is 0 Å². The van der Waals surface area contributed by atoms with Crippen LogP contribution in [0.25, 0.3) is 0 Å². The number of amides is 2. The van der Waals surface area contributed by atoms with Gasteiger partial charge in [-0.05, 0) is 43.0 Å². The molecule has 0 saturated carbocycles. The number of hydrogen-bond donors (Lipinski definition) is 1. The van der Waals surface area contributed by atoms with Crippen molar-refractivity contribution in [2.24, 2.45) is 0 Å². The number of nitrogens with one attached hydrogen (secondary N) is 1. The highest BCUT2D eigenvalue weighted by molar-refractivity contribution is 7.92. The SMILES string of the molecule is CCCCNC(=O)C(Cc1ccccc1)N(Cc1ccc(C)cc1)C(=O)CCCN(c1ccc2c(c1)OCCO2)S(C)(=O)=O. The lowest BCUT2D eigenvalue weighted by atomic mass is 10.0. The second-order valence-corrected chi connectivity index (χ2v) is 13.0. The number of rotatable bonds is 15. The molecule has 1 atom stereocenters. The standard InChI is InChI=1S/C34H43N3O6S/c1-4-5-19-35-34(39)30(23-27-10-7-6-8-11-27)36(25-28-15-13-26(2)14-16-28)33(38)12-9-20-37(44(3,40)41)29-17-18-31-32(24-29)43-22-21-42-31/h6-8,10-11,13-18,24,30H,4-5,9,12,19-23,25H2,1-3H3,(H,35,39). The van der Waals surface area contributed by atoms with Crippen LogP contribution >= 0.6 is 0 Å². The maximum absolute atomic E-state index is 14.0. The summed E-state index contributed by atoms with van der Waals surface area (Å²) < 4.78 is 38.1. The van der Waals surface area contributed by atoms with Crippen molar-refractivity contribution < 1.29 is 27.5 Å². The summed E-state index contributed by atoms with van der Waals surface area (Å²) in [6.07, 6.45) is 3.62. The van der Waals surface area contributed by atoms with Crippen molar-refractivity contribution in [3.8, 4) is 11.5 Å². The number of carbonyl (C=O) groups is 2. The highest BCUT2D eigenvalue weighted by Crippen LogP contribution is 2.34. The van der Waals surface area contributed by atoms with Gasteiger partial charge in [0.05, 0.1) is 11.9 Å². The van der Waals surface area contributed by atoms with Crippen molar-refractivity contribution in [3.63, 3.8) is 0 Å². The molecule has 1 aliphatic heterocycles. The van der Waals surface area contributed by atoms with Gasteiger partial charge in [0.15, 0.2) is 11.5 Å². The number of aryl methyl sites for hydroxylation is 1. The van der Waals surface area contributed by atoms with Crippen molar-refractivity contribution in [2.45, 2.75) is 58.5 Å². The fourth-order valence-electron chi connectivity index (χ4n) is 5.14. The summed E-state index contributed by atoms with van der Waals surface area (Å²) in [6, 6.07) is 21.9. The minimum absolute atomic E-state index is 0.0654. The first-order chi connectivity index (χ1) is 21.2. The molecule has 0 radical (unpaired) electrons. The molecule has 4 rings (SSSR count). The molecule has 2 amide bonds. The summed E-state index contributed by atoms with van der Waals surface area (Å²) in [5.41, 5.74) is 3.41. The Morgan fingerprint density at radius 3 is 2.30 bits per heavy atom. The molecule has 0 bridgehead atoms. The molecular formula is C34H43N3O6S. The van der Waals surface area contributed by atoms with Crippen LogP contribution in [0.15, 0.2) is 72.8 Å². The zero-order valence-electron chi connectivity index (χ0n) is 25.8. The second-order valence-electron chi connectivity index (χ2n) is 11.1. The largest absolute Gasteiger partial charge is 0.486 e. The van der Waals surface area contributed by atoms with Crippen LogP contribution in [0.5, 0.6) is 11.5 Å². The van der Waals surface area contributed by atoms with Crippen molar-refractivity contribution >= 4 is 27.5 Å². The Kier molecular flexibility index (Phi) is 11.7. The minimum atomic E-state index is -3.65. The molecule has 1 aliphatic rings. The van der Waals surface area contributed by atoms with E-state index in [-0.39, 0.29) is 37.7 Å². The first-order valence-electron chi connectivity index (χ1n) is 15.2. The van der Waals surface area contributed by atoms with Gasteiger partial charge in [0.2, 0.25) is 21.8 Å². The third kappa shape index (κ3) is 9.22. The van der Waals surface area contributed by atoms with Crippen molar-refractivity contribution in [1.29, 1.82) is 0 Å². The molecule has 0 fully saturated rings. The van der Waals surface area contributed by atoms with Crippen LogP contribution in [-0.4, -0.2) is 63.7 Å². The number of fused-ring (bicyclic) bond motifs is 1. The number of sulfonamides is 1. The summed E-state index contributed by atoms with van der Waals surface area (Å²) >= 11 is 0. The Hall–Kier alpha value is -4.05. The molecule has 3 aromatic carbocycles. The topological polar surface area (TPSA) is 105 Å². The number of anilines is 1. The van der Waals surface area contributed by atoms with E-state index in [9.17, 15) is 18.0 Å². The molecular weight excluding hydrogens is 578 g/mol. The lowest BCUT2D eigenvalue weighted by Gasteiger charge is -2.32. The number of hydrogen-bond acceptors (Lipinski definition) is 6. The fourth-order valence-corrected chi connectivity index (χ4v) is 6.10. The predicted molar refractivity (Wildman–Crippen MR) is 172 cm³/mol. The Balaban J connectivity index is 1.56. The molecule has 10 heteroatoms. The number of carbonyl (C=O) groups excluding carboxylic acids is 2. The van der Waals surface area contributed by atoms with E-state index in [0.717, 1.165) is 35.8 Å². The quantitative estimate of drug-likeness (QED) is 0.243. The molecule has 0 spiro atoms. The maximum Gasteiger partial charge on any atom is 0.243 e. The number of nitrogens with zero attached hydrogens (tertiary/aromatic N) is 2. The van der Waals surface area contributed by atoms with E-state index < -0.39 is 16.1 Å². The number of benzene rings is 3. The van der Waals surface area contributed by atoms with Gasteiger partial charge < -0.3 is 19.7 Å². The monoisotopic (exact) mass is 621 g/mol. The first kappa shape index (κ1) is 32.9. The van der Waals surface area contributed by atoms with Gasteiger partial charge in [-0.3, -0.25) is 13.9 Å². The zero-order chi connectivity index (χ0) is 31.5. The summed E-state index contributed by atoms with van der Waals surface area (Å²) in [6.45, 7) is 5.77. The van der Waals surface area contributed by atoms with Crippen LogP contribution in [0.1, 0.15) is 49.3 Å². The average Bonchev–Trinajstić information content (AvgIpc) is 3.01. The van der Waals surface area contributed by atoms with Crippen LogP contribution in [0, 0.1) is 6.92 Å². The van der Waals surface area contributed by atoms with Crippen molar-refractivity contribution in [2.75, 3.05) is 36.9 Å². The molecule has 44 heavy (non-hydrogen) atoms. The number of ether oxygens (including phenoxy) is 2. The highest BCUT2D eigenvalue weighted by atomic mass is 32.2. The van der Waals surface area contributed by atoms with E-state index in [1.807, 2.05) is 61.5 Å².